The molecule has 0 aromatic rings. The number of nitrogens with zero attached hydrogens (tertiary/aromatic N) is 2. The standard InChI is InChI=1S/C9H19N3/c1-8(2)9(7-12(3)4)11-6-5-10/h8-9,11H,6-7H2,1-4H3. The number of hydrogen-bond acceptors (Lipinski definition) is 3. The molecule has 12 heavy (non-hydrogen) atoms. The molecule has 3 nitrogen and oxygen atoms in total. The van der Waals surface area contributed by atoms with Crippen LogP contribution in [0.3, 0.4) is 0 Å². The minimum Gasteiger partial charge on any atom is -0.308 e. The summed E-state index contributed by atoms with van der Waals surface area (Å²) < 4.78 is 0. The van der Waals surface area contributed by atoms with E-state index in [0.717, 1.165) is 6.54 Å². The van der Waals surface area contributed by atoms with E-state index >= 15 is 0 Å². The molecule has 1 N–H and O–H groups in total. The van der Waals surface area contributed by atoms with Crippen molar-refractivity contribution in [2.24, 2.45) is 5.92 Å². The first-order valence-electron chi connectivity index (χ1n) is 4.33. The van der Waals surface area contributed by atoms with Gasteiger partial charge in [-0.05, 0) is 20.0 Å². The van der Waals surface area contributed by atoms with Gasteiger partial charge in [-0.3, -0.25) is 0 Å². The van der Waals surface area contributed by atoms with Crippen LogP contribution in [0.25, 0.3) is 0 Å². The van der Waals surface area contributed by atoms with Gasteiger partial charge < -0.3 is 10.2 Å². The molecular formula is C9H19N3. The molecule has 0 radical (unpaired) electrons. The Labute approximate surface area is 75.4 Å². The first kappa shape index (κ1) is 11.4. The van der Waals surface area contributed by atoms with E-state index in [4.69, 9.17) is 5.26 Å². The van der Waals surface area contributed by atoms with Gasteiger partial charge in [0.2, 0.25) is 0 Å². The molecule has 0 heterocycles. The topological polar surface area (TPSA) is 39.1 Å². The molecule has 3 heteroatoms. The van der Waals surface area contributed by atoms with Crippen molar-refractivity contribution in [2.75, 3.05) is 27.2 Å². The van der Waals surface area contributed by atoms with Gasteiger partial charge in [-0.25, -0.2) is 0 Å². The molecule has 0 saturated heterocycles. The molecule has 0 aliphatic heterocycles. The fourth-order valence-electron chi connectivity index (χ4n) is 1.08. The lowest BCUT2D eigenvalue weighted by atomic mass is 10.0. The van der Waals surface area contributed by atoms with E-state index < -0.39 is 0 Å². The third kappa shape index (κ3) is 5.11. The van der Waals surface area contributed by atoms with Crippen molar-refractivity contribution in [1.82, 2.24) is 10.2 Å². The van der Waals surface area contributed by atoms with Crippen LogP contribution >= 0.6 is 0 Å². The molecule has 0 aromatic carbocycles. The molecule has 1 atom stereocenters. The summed E-state index contributed by atoms with van der Waals surface area (Å²) in [5.41, 5.74) is 0. The highest BCUT2D eigenvalue weighted by molar-refractivity contribution is 4.80. The smallest absolute Gasteiger partial charge is 0.0843 e. The number of hydrogen-bond donors (Lipinski definition) is 1. The van der Waals surface area contributed by atoms with Gasteiger partial charge in [0.15, 0.2) is 0 Å². The average Bonchev–Trinajstić information content (AvgIpc) is 1.96. The van der Waals surface area contributed by atoms with E-state index in [2.05, 4.69) is 30.1 Å². The zero-order valence-electron chi connectivity index (χ0n) is 8.46. The van der Waals surface area contributed by atoms with Crippen LogP contribution in [0.1, 0.15) is 13.8 Å². The second-order valence-electron chi connectivity index (χ2n) is 3.65. The minimum absolute atomic E-state index is 0.416. The lowest BCUT2D eigenvalue weighted by Crippen LogP contribution is -2.42. The quantitative estimate of drug-likeness (QED) is 0.615. The third-order valence-corrected chi connectivity index (χ3v) is 1.81. The SMILES string of the molecule is CC(C)C(CN(C)C)NCC#N. The average molecular weight is 169 g/mol. The Balaban J connectivity index is 3.80. The van der Waals surface area contributed by atoms with Crippen LogP contribution in [0.5, 0.6) is 0 Å². The van der Waals surface area contributed by atoms with E-state index in [-0.39, 0.29) is 0 Å². The Bertz CT molecular complexity index is 146. The number of rotatable bonds is 5. The van der Waals surface area contributed by atoms with Crippen LogP contribution in [-0.2, 0) is 0 Å². The minimum atomic E-state index is 0.416. The van der Waals surface area contributed by atoms with Crippen molar-refractivity contribution in [2.45, 2.75) is 19.9 Å². The fourth-order valence-corrected chi connectivity index (χ4v) is 1.08. The van der Waals surface area contributed by atoms with Crippen LogP contribution in [0.2, 0.25) is 0 Å². The Morgan fingerprint density at radius 1 is 1.42 bits per heavy atom. The summed E-state index contributed by atoms with van der Waals surface area (Å²) in [6.45, 7) is 5.76. The molecule has 0 amide bonds. The third-order valence-electron chi connectivity index (χ3n) is 1.81. The van der Waals surface area contributed by atoms with E-state index in [1.807, 2.05) is 14.1 Å². The van der Waals surface area contributed by atoms with Crippen molar-refractivity contribution in [3.05, 3.63) is 0 Å². The summed E-state index contributed by atoms with van der Waals surface area (Å²) in [6, 6.07) is 2.51. The number of nitriles is 1. The normalized spacial score (nSPS) is 13.4. The van der Waals surface area contributed by atoms with Gasteiger partial charge in [-0.15, -0.1) is 0 Å². The molecular weight excluding hydrogens is 150 g/mol. The second kappa shape index (κ2) is 5.99. The second-order valence-corrected chi connectivity index (χ2v) is 3.65. The van der Waals surface area contributed by atoms with Gasteiger partial charge in [0.05, 0.1) is 12.6 Å². The molecule has 0 aliphatic rings. The summed E-state index contributed by atoms with van der Waals surface area (Å²) in [7, 11) is 4.09. The van der Waals surface area contributed by atoms with Crippen molar-refractivity contribution in [3.63, 3.8) is 0 Å². The van der Waals surface area contributed by atoms with Gasteiger partial charge in [-0.1, -0.05) is 13.8 Å². The maximum absolute atomic E-state index is 8.40. The van der Waals surface area contributed by atoms with E-state index in [1.165, 1.54) is 0 Å². The van der Waals surface area contributed by atoms with Gasteiger partial charge in [0, 0.05) is 12.6 Å². The van der Waals surface area contributed by atoms with E-state index in [1.54, 1.807) is 0 Å². The summed E-state index contributed by atoms with van der Waals surface area (Å²) >= 11 is 0. The molecule has 0 bridgehead atoms. The van der Waals surface area contributed by atoms with Crippen molar-refractivity contribution < 1.29 is 0 Å². The molecule has 0 aromatic heterocycles. The monoisotopic (exact) mass is 169 g/mol. The van der Waals surface area contributed by atoms with Crippen molar-refractivity contribution in [1.29, 1.82) is 5.26 Å². The Kier molecular flexibility index (Phi) is 5.69. The number of nitrogens with one attached hydrogen (secondary N) is 1. The Hall–Kier alpha value is -0.590. The summed E-state index contributed by atoms with van der Waals surface area (Å²) in [5, 5.41) is 11.6. The van der Waals surface area contributed by atoms with Crippen LogP contribution in [-0.4, -0.2) is 38.1 Å². The summed E-state index contributed by atoms with van der Waals surface area (Å²) in [5.74, 6) is 0.570. The zero-order valence-corrected chi connectivity index (χ0v) is 8.46. The first-order chi connectivity index (χ1) is 5.57. The molecule has 70 valence electrons. The molecule has 0 saturated carbocycles. The summed E-state index contributed by atoms with van der Waals surface area (Å²) in [4.78, 5) is 2.13. The molecule has 0 aliphatic carbocycles. The predicted molar refractivity (Wildman–Crippen MR) is 50.8 cm³/mol. The molecule has 0 fully saturated rings. The van der Waals surface area contributed by atoms with Gasteiger partial charge in [-0.2, -0.15) is 5.26 Å². The Morgan fingerprint density at radius 3 is 2.33 bits per heavy atom. The van der Waals surface area contributed by atoms with Crippen LogP contribution in [0.15, 0.2) is 0 Å². The largest absolute Gasteiger partial charge is 0.308 e. The van der Waals surface area contributed by atoms with Crippen LogP contribution < -0.4 is 5.32 Å². The van der Waals surface area contributed by atoms with E-state index in [9.17, 15) is 0 Å². The number of likely N-dealkylation sites (N-methyl/N-ethyl adjacent to an activating group) is 1. The summed E-state index contributed by atoms with van der Waals surface area (Å²) in [6.07, 6.45) is 0. The maximum Gasteiger partial charge on any atom is 0.0843 e. The first-order valence-corrected chi connectivity index (χ1v) is 4.33. The highest BCUT2D eigenvalue weighted by Gasteiger charge is 2.12. The zero-order chi connectivity index (χ0) is 9.56. The fraction of sp³-hybridized carbons (Fsp3) is 0.889. The molecule has 0 rings (SSSR count). The van der Waals surface area contributed by atoms with Crippen LogP contribution in [0.4, 0.5) is 0 Å². The predicted octanol–water partition coefficient (Wildman–Crippen LogP) is 0.686. The maximum atomic E-state index is 8.40. The molecule has 1 unspecified atom stereocenters. The van der Waals surface area contributed by atoms with Crippen molar-refractivity contribution >= 4 is 0 Å². The van der Waals surface area contributed by atoms with Gasteiger partial charge in [0.25, 0.3) is 0 Å². The lowest BCUT2D eigenvalue weighted by Gasteiger charge is -2.24. The molecule has 0 spiro atoms. The van der Waals surface area contributed by atoms with E-state index in [0.29, 0.717) is 18.5 Å². The van der Waals surface area contributed by atoms with Gasteiger partial charge >= 0.3 is 0 Å². The van der Waals surface area contributed by atoms with Gasteiger partial charge in [0.1, 0.15) is 0 Å². The van der Waals surface area contributed by atoms with Crippen LogP contribution in [0, 0.1) is 17.2 Å². The van der Waals surface area contributed by atoms with Crippen molar-refractivity contribution in [3.8, 4) is 6.07 Å². The highest BCUT2D eigenvalue weighted by Crippen LogP contribution is 2.01. The Morgan fingerprint density at radius 2 is 2.00 bits per heavy atom. The highest BCUT2D eigenvalue weighted by atomic mass is 15.1. The lowest BCUT2D eigenvalue weighted by molar-refractivity contribution is 0.296.